The molecule has 2 aliphatic rings. The van der Waals surface area contributed by atoms with Crippen molar-refractivity contribution in [1.29, 1.82) is 0 Å². The van der Waals surface area contributed by atoms with E-state index < -0.39 is 0 Å². The van der Waals surface area contributed by atoms with E-state index in [9.17, 15) is 9.59 Å². The lowest BCUT2D eigenvalue weighted by atomic mass is 10.0. The number of carbonyl (C=O) groups is 2. The van der Waals surface area contributed by atoms with E-state index in [-0.39, 0.29) is 23.9 Å². The third-order valence-electron chi connectivity index (χ3n) is 6.88. The molecule has 2 aliphatic heterocycles. The fourth-order valence-corrected chi connectivity index (χ4v) is 5.12. The van der Waals surface area contributed by atoms with Gasteiger partial charge >= 0.3 is 0 Å². The van der Waals surface area contributed by atoms with E-state index >= 15 is 0 Å². The predicted octanol–water partition coefficient (Wildman–Crippen LogP) is 3.61. The first-order valence-electron chi connectivity index (χ1n) is 12.0. The zero-order valence-electron chi connectivity index (χ0n) is 19.7. The summed E-state index contributed by atoms with van der Waals surface area (Å²) >= 11 is 0. The molecule has 2 atom stereocenters. The highest BCUT2D eigenvalue weighted by Crippen LogP contribution is 2.33. The molecule has 1 unspecified atom stereocenters. The van der Waals surface area contributed by atoms with Crippen LogP contribution in [0.4, 0.5) is 0 Å². The van der Waals surface area contributed by atoms with E-state index in [2.05, 4.69) is 17.3 Å². The van der Waals surface area contributed by atoms with Crippen LogP contribution in [0.5, 0.6) is 0 Å². The Labute approximate surface area is 199 Å². The lowest BCUT2D eigenvalue weighted by Crippen LogP contribution is -2.33. The van der Waals surface area contributed by atoms with Crippen LogP contribution in [0.2, 0.25) is 0 Å². The van der Waals surface area contributed by atoms with Gasteiger partial charge in [-0.3, -0.25) is 14.3 Å². The van der Waals surface area contributed by atoms with Crippen LogP contribution in [0.15, 0.2) is 48.7 Å². The van der Waals surface area contributed by atoms with Gasteiger partial charge in [0.15, 0.2) is 0 Å². The van der Waals surface area contributed by atoms with E-state index in [0.717, 1.165) is 36.2 Å². The standard InChI is InChI=1S/C26H31N5O3/c1-3-20(18-8-5-4-6-9-18)27-25(32)19-16-23(30-14-15-34-17-24(19)30)26(33)31-12-7-10-22(31)21-11-13-29(2)28-21/h4-6,8-9,11,13,16,20,22H,3,7,10,12,14-15,17H2,1-2H3,(H,27,32)/t20-,22?/m1/s1. The lowest BCUT2D eigenvalue weighted by molar-refractivity contribution is 0.0672. The summed E-state index contributed by atoms with van der Waals surface area (Å²) in [6.45, 7) is 4.14. The van der Waals surface area contributed by atoms with Crippen LogP contribution in [-0.2, 0) is 24.9 Å². The quantitative estimate of drug-likeness (QED) is 0.608. The number of amides is 2. The van der Waals surface area contributed by atoms with E-state index in [0.29, 0.717) is 37.6 Å². The minimum Gasteiger partial charge on any atom is -0.373 e. The largest absolute Gasteiger partial charge is 0.373 e. The van der Waals surface area contributed by atoms with Crippen molar-refractivity contribution in [2.75, 3.05) is 13.2 Å². The molecular formula is C26H31N5O3. The number of carbonyl (C=O) groups excluding carboxylic acids is 2. The second-order valence-electron chi connectivity index (χ2n) is 9.01. The molecule has 0 radical (unpaired) electrons. The van der Waals surface area contributed by atoms with Gasteiger partial charge in [-0.25, -0.2) is 0 Å². The summed E-state index contributed by atoms with van der Waals surface area (Å²) in [4.78, 5) is 29.0. The lowest BCUT2D eigenvalue weighted by Gasteiger charge is -2.25. The van der Waals surface area contributed by atoms with Gasteiger partial charge in [0, 0.05) is 26.3 Å². The molecule has 2 amide bonds. The van der Waals surface area contributed by atoms with Crippen molar-refractivity contribution in [1.82, 2.24) is 24.6 Å². The minimum absolute atomic E-state index is 0.0421. The number of hydrogen-bond donors (Lipinski definition) is 1. The Kier molecular flexibility index (Phi) is 6.24. The van der Waals surface area contributed by atoms with Gasteiger partial charge in [0.2, 0.25) is 0 Å². The Morgan fingerprint density at radius 2 is 2.03 bits per heavy atom. The van der Waals surface area contributed by atoms with Crippen LogP contribution in [0, 0.1) is 0 Å². The van der Waals surface area contributed by atoms with Gasteiger partial charge in [-0.05, 0) is 37.0 Å². The highest BCUT2D eigenvalue weighted by molar-refractivity contribution is 6.01. The molecule has 178 valence electrons. The normalized spacial score (nSPS) is 18.5. The van der Waals surface area contributed by atoms with E-state index in [1.807, 2.05) is 59.1 Å². The van der Waals surface area contributed by atoms with Gasteiger partial charge in [-0.2, -0.15) is 5.10 Å². The molecule has 1 aromatic carbocycles. The Morgan fingerprint density at radius 1 is 1.21 bits per heavy atom. The number of nitrogens with one attached hydrogen (secondary N) is 1. The molecule has 1 saturated heterocycles. The van der Waals surface area contributed by atoms with Crippen LogP contribution in [-0.4, -0.2) is 44.2 Å². The van der Waals surface area contributed by atoms with Gasteiger partial charge in [0.1, 0.15) is 5.69 Å². The number of hydrogen-bond acceptors (Lipinski definition) is 4. The summed E-state index contributed by atoms with van der Waals surface area (Å²) < 4.78 is 9.42. The second kappa shape index (κ2) is 9.46. The van der Waals surface area contributed by atoms with Crippen molar-refractivity contribution in [3.05, 3.63) is 76.9 Å². The van der Waals surface area contributed by atoms with Gasteiger partial charge < -0.3 is 19.5 Å². The second-order valence-corrected chi connectivity index (χ2v) is 9.01. The van der Waals surface area contributed by atoms with E-state index in [4.69, 9.17) is 4.74 Å². The average molecular weight is 462 g/mol. The van der Waals surface area contributed by atoms with Crippen molar-refractivity contribution in [3.8, 4) is 0 Å². The smallest absolute Gasteiger partial charge is 0.271 e. The van der Waals surface area contributed by atoms with Crippen LogP contribution in [0.25, 0.3) is 0 Å². The number of fused-ring (bicyclic) bond motifs is 1. The molecule has 5 rings (SSSR count). The maximum absolute atomic E-state index is 13.7. The van der Waals surface area contributed by atoms with Gasteiger partial charge in [0.25, 0.3) is 11.8 Å². The average Bonchev–Trinajstić information content (AvgIpc) is 3.60. The van der Waals surface area contributed by atoms with Crippen molar-refractivity contribution < 1.29 is 14.3 Å². The summed E-state index contributed by atoms with van der Waals surface area (Å²) in [6.07, 6.45) is 4.51. The fraction of sp³-hybridized carbons (Fsp3) is 0.423. The van der Waals surface area contributed by atoms with Crippen LogP contribution >= 0.6 is 0 Å². The first kappa shape index (κ1) is 22.4. The summed E-state index contributed by atoms with van der Waals surface area (Å²) in [5.74, 6) is -0.225. The maximum Gasteiger partial charge on any atom is 0.271 e. The first-order valence-corrected chi connectivity index (χ1v) is 12.0. The first-order chi connectivity index (χ1) is 16.6. The third kappa shape index (κ3) is 4.14. The molecule has 1 fully saturated rings. The minimum atomic E-state index is -0.174. The molecule has 0 aliphatic carbocycles. The summed E-state index contributed by atoms with van der Waals surface area (Å²) in [5, 5.41) is 7.71. The number of ether oxygens (including phenoxy) is 1. The molecule has 8 nitrogen and oxygen atoms in total. The Morgan fingerprint density at radius 3 is 2.76 bits per heavy atom. The van der Waals surface area contributed by atoms with Gasteiger partial charge in [0.05, 0.1) is 42.2 Å². The van der Waals surface area contributed by atoms with Crippen molar-refractivity contribution in [3.63, 3.8) is 0 Å². The zero-order chi connectivity index (χ0) is 23.7. The van der Waals surface area contributed by atoms with Crippen molar-refractivity contribution in [2.45, 2.75) is 51.4 Å². The molecule has 0 spiro atoms. The van der Waals surface area contributed by atoms with Crippen LogP contribution in [0.1, 0.15) is 76.1 Å². The van der Waals surface area contributed by atoms with E-state index in [1.54, 1.807) is 10.7 Å². The summed E-state index contributed by atoms with van der Waals surface area (Å²) in [7, 11) is 1.89. The Balaban J connectivity index is 1.43. The van der Waals surface area contributed by atoms with E-state index in [1.165, 1.54) is 0 Å². The molecule has 4 heterocycles. The molecule has 34 heavy (non-hydrogen) atoms. The maximum atomic E-state index is 13.7. The number of likely N-dealkylation sites (tertiary alicyclic amines) is 1. The Bertz CT molecular complexity index is 1180. The Hall–Kier alpha value is -3.39. The number of aromatic nitrogens is 3. The predicted molar refractivity (Wildman–Crippen MR) is 127 cm³/mol. The fourth-order valence-electron chi connectivity index (χ4n) is 5.12. The monoisotopic (exact) mass is 461 g/mol. The highest BCUT2D eigenvalue weighted by Gasteiger charge is 2.35. The SMILES string of the molecule is CC[C@@H](NC(=O)c1cc(C(=O)N2CCCC2c2ccn(C)n2)n2c1COCC2)c1ccccc1. The molecular weight excluding hydrogens is 430 g/mol. The number of benzene rings is 1. The molecule has 3 aromatic rings. The van der Waals surface area contributed by atoms with Crippen LogP contribution < -0.4 is 5.32 Å². The molecule has 8 heteroatoms. The molecule has 0 saturated carbocycles. The molecule has 0 bridgehead atoms. The molecule has 1 N–H and O–H groups in total. The summed E-state index contributed by atoms with van der Waals surface area (Å²) in [5.41, 5.74) is 3.82. The topological polar surface area (TPSA) is 81.4 Å². The van der Waals surface area contributed by atoms with Gasteiger partial charge in [-0.1, -0.05) is 37.3 Å². The third-order valence-corrected chi connectivity index (χ3v) is 6.88. The number of rotatable bonds is 6. The number of nitrogens with zero attached hydrogens (tertiary/aromatic N) is 4. The molecule has 2 aromatic heterocycles. The van der Waals surface area contributed by atoms with Crippen molar-refractivity contribution >= 4 is 11.8 Å². The zero-order valence-corrected chi connectivity index (χ0v) is 19.7. The van der Waals surface area contributed by atoms with Crippen molar-refractivity contribution in [2.24, 2.45) is 7.05 Å². The summed E-state index contributed by atoms with van der Waals surface area (Å²) in [6, 6.07) is 13.6. The van der Waals surface area contributed by atoms with Gasteiger partial charge in [-0.15, -0.1) is 0 Å². The van der Waals surface area contributed by atoms with Crippen LogP contribution in [0.3, 0.4) is 0 Å². The highest BCUT2D eigenvalue weighted by atomic mass is 16.5. The number of aryl methyl sites for hydroxylation is 1.